The van der Waals surface area contributed by atoms with Crippen LogP contribution in [0.3, 0.4) is 0 Å². The summed E-state index contributed by atoms with van der Waals surface area (Å²) in [5, 5.41) is 0. The van der Waals surface area contributed by atoms with Crippen molar-refractivity contribution in [2.75, 3.05) is 0 Å². The van der Waals surface area contributed by atoms with Crippen molar-refractivity contribution in [3.8, 4) is 5.75 Å². The largest absolute Gasteiger partial charge is 0.426 e. The first kappa shape index (κ1) is 16.7. The van der Waals surface area contributed by atoms with E-state index in [9.17, 15) is 4.79 Å². The van der Waals surface area contributed by atoms with E-state index >= 15 is 0 Å². The molecule has 1 rings (SSSR count). The summed E-state index contributed by atoms with van der Waals surface area (Å²) < 4.78 is 5.59. The molecule has 0 N–H and O–H groups in total. The first-order valence-corrected chi connectivity index (χ1v) is 7.33. The highest BCUT2D eigenvalue weighted by Crippen LogP contribution is 2.40. The SMILES string of the molecule is CCc1cc(C(C)(C)C)c(OC(C)=O)c(C(C)(C)C)c1. The second-order valence-corrected chi connectivity index (χ2v) is 7.47. The molecule has 0 unspecified atom stereocenters. The van der Waals surface area contributed by atoms with Gasteiger partial charge >= 0.3 is 5.97 Å². The molecule has 0 heterocycles. The van der Waals surface area contributed by atoms with Gasteiger partial charge in [-0.2, -0.15) is 0 Å². The molecule has 1 aromatic carbocycles. The number of hydrogen-bond donors (Lipinski definition) is 0. The number of ether oxygens (including phenoxy) is 1. The van der Waals surface area contributed by atoms with Gasteiger partial charge in [-0.1, -0.05) is 60.6 Å². The van der Waals surface area contributed by atoms with Crippen LogP contribution in [0.2, 0.25) is 0 Å². The Balaban J connectivity index is 3.67. The van der Waals surface area contributed by atoms with Crippen LogP contribution >= 0.6 is 0 Å². The summed E-state index contributed by atoms with van der Waals surface area (Å²) in [6.07, 6.45) is 0.979. The van der Waals surface area contributed by atoms with E-state index < -0.39 is 0 Å². The molecule has 0 amide bonds. The maximum absolute atomic E-state index is 11.5. The van der Waals surface area contributed by atoms with Crippen LogP contribution in [-0.4, -0.2) is 5.97 Å². The van der Waals surface area contributed by atoms with Crippen molar-refractivity contribution in [1.29, 1.82) is 0 Å². The van der Waals surface area contributed by atoms with E-state index in [1.165, 1.54) is 12.5 Å². The Bertz CT molecular complexity index is 464. The van der Waals surface area contributed by atoms with Gasteiger partial charge in [0.1, 0.15) is 5.75 Å². The van der Waals surface area contributed by atoms with Gasteiger partial charge in [0.25, 0.3) is 0 Å². The van der Waals surface area contributed by atoms with E-state index in [0.29, 0.717) is 0 Å². The molecule has 0 atom stereocenters. The third-order valence-corrected chi connectivity index (χ3v) is 3.42. The fourth-order valence-corrected chi connectivity index (χ4v) is 2.26. The van der Waals surface area contributed by atoms with E-state index in [0.717, 1.165) is 23.3 Å². The highest BCUT2D eigenvalue weighted by molar-refractivity contribution is 5.71. The molecule has 2 heteroatoms. The van der Waals surface area contributed by atoms with Gasteiger partial charge in [0.05, 0.1) is 0 Å². The summed E-state index contributed by atoms with van der Waals surface area (Å²) >= 11 is 0. The average Bonchev–Trinajstić information content (AvgIpc) is 2.25. The Morgan fingerprint density at radius 2 is 1.40 bits per heavy atom. The molecular formula is C18H28O2. The van der Waals surface area contributed by atoms with Crippen molar-refractivity contribution in [1.82, 2.24) is 0 Å². The first-order chi connectivity index (χ1) is 8.96. The van der Waals surface area contributed by atoms with Gasteiger partial charge in [0, 0.05) is 18.1 Å². The lowest BCUT2D eigenvalue weighted by Crippen LogP contribution is -2.21. The van der Waals surface area contributed by atoms with Gasteiger partial charge in [-0.15, -0.1) is 0 Å². The molecule has 0 spiro atoms. The zero-order valence-corrected chi connectivity index (χ0v) is 14.2. The zero-order chi connectivity index (χ0) is 15.7. The van der Waals surface area contributed by atoms with E-state index in [2.05, 4.69) is 60.6 Å². The topological polar surface area (TPSA) is 26.3 Å². The zero-order valence-electron chi connectivity index (χ0n) is 14.2. The number of carbonyl (C=O) groups is 1. The number of rotatable bonds is 2. The molecule has 0 aliphatic rings. The molecule has 20 heavy (non-hydrogen) atoms. The van der Waals surface area contributed by atoms with Crippen molar-refractivity contribution in [3.63, 3.8) is 0 Å². The summed E-state index contributed by atoms with van der Waals surface area (Å²) in [6, 6.07) is 4.35. The average molecular weight is 276 g/mol. The van der Waals surface area contributed by atoms with Gasteiger partial charge in [-0.05, 0) is 22.8 Å². The molecule has 0 aromatic heterocycles. The number of esters is 1. The third kappa shape index (κ3) is 3.84. The molecule has 0 saturated carbocycles. The second kappa shape index (κ2) is 5.59. The fraction of sp³-hybridized carbons (Fsp3) is 0.611. The summed E-state index contributed by atoms with van der Waals surface area (Å²) in [4.78, 5) is 11.5. The van der Waals surface area contributed by atoms with Crippen LogP contribution in [0.5, 0.6) is 5.75 Å². The Hall–Kier alpha value is -1.31. The molecule has 2 nitrogen and oxygen atoms in total. The van der Waals surface area contributed by atoms with Crippen LogP contribution in [-0.2, 0) is 22.0 Å². The smallest absolute Gasteiger partial charge is 0.308 e. The van der Waals surface area contributed by atoms with Gasteiger partial charge in [0.15, 0.2) is 0 Å². The summed E-state index contributed by atoms with van der Waals surface area (Å²) in [7, 11) is 0. The van der Waals surface area contributed by atoms with Crippen molar-refractivity contribution >= 4 is 5.97 Å². The third-order valence-electron chi connectivity index (χ3n) is 3.42. The molecule has 0 bridgehead atoms. The molecule has 1 aromatic rings. The van der Waals surface area contributed by atoms with Gasteiger partial charge in [0.2, 0.25) is 0 Å². The van der Waals surface area contributed by atoms with Crippen molar-refractivity contribution < 1.29 is 9.53 Å². The van der Waals surface area contributed by atoms with Gasteiger partial charge in [-0.25, -0.2) is 0 Å². The minimum atomic E-state index is -0.259. The lowest BCUT2D eigenvalue weighted by Gasteiger charge is -2.29. The minimum Gasteiger partial charge on any atom is -0.426 e. The van der Waals surface area contributed by atoms with Gasteiger partial charge < -0.3 is 4.74 Å². The van der Waals surface area contributed by atoms with E-state index in [4.69, 9.17) is 4.74 Å². The molecular weight excluding hydrogens is 248 g/mol. The fourth-order valence-electron chi connectivity index (χ4n) is 2.26. The maximum atomic E-state index is 11.5. The van der Waals surface area contributed by atoms with Crippen LogP contribution in [0.1, 0.15) is 72.1 Å². The molecule has 0 fully saturated rings. The first-order valence-electron chi connectivity index (χ1n) is 7.33. The molecule has 0 aliphatic carbocycles. The Morgan fingerprint density at radius 3 is 1.65 bits per heavy atom. The molecule has 0 radical (unpaired) electrons. The molecule has 0 saturated heterocycles. The van der Waals surface area contributed by atoms with Crippen LogP contribution in [0.4, 0.5) is 0 Å². The van der Waals surface area contributed by atoms with Crippen LogP contribution in [0.15, 0.2) is 12.1 Å². The van der Waals surface area contributed by atoms with Crippen LogP contribution < -0.4 is 4.74 Å². The predicted octanol–water partition coefficient (Wildman–Crippen LogP) is 4.77. The summed E-state index contributed by atoms with van der Waals surface area (Å²) in [5.41, 5.74) is 3.39. The maximum Gasteiger partial charge on any atom is 0.308 e. The van der Waals surface area contributed by atoms with Crippen molar-refractivity contribution in [2.45, 2.75) is 72.6 Å². The van der Waals surface area contributed by atoms with Crippen LogP contribution in [0, 0.1) is 0 Å². The summed E-state index contributed by atoms with van der Waals surface area (Å²) in [6.45, 7) is 16.5. The summed E-state index contributed by atoms with van der Waals surface area (Å²) in [5.74, 6) is 0.486. The van der Waals surface area contributed by atoms with E-state index in [1.807, 2.05) is 0 Å². The highest BCUT2D eigenvalue weighted by atomic mass is 16.5. The number of hydrogen-bond acceptors (Lipinski definition) is 2. The quantitative estimate of drug-likeness (QED) is 0.574. The van der Waals surface area contributed by atoms with Crippen molar-refractivity contribution in [2.24, 2.45) is 0 Å². The Kier molecular flexibility index (Phi) is 4.68. The molecule has 112 valence electrons. The van der Waals surface area contributed by atoms with Crippen LogP contribution in [0.25, 0.3) is 0 Å². The lowest BCUT2D eigenvalue weighted by molar-refractivity contribution is -0.132. The number of aryl methyl sites for hydroxylation is 1. The van der Waals surface area contributed by atoms with E-state index in [1.54, 1.807) is 0 Å². The second-order valence-electron chi connectivity index (χ2n) is 7.47. The van der Waals surface area contributed by atoms with Gasteiger partial charge in [-0.3, -0.25) is 4.79 Å². The number of carbonyl (C=O) groups excluding carboxylic acids is 1. The normalized spacial score (nSPS) is 12.4. The number of benzene rings is 1. The lowest BCUT2D eigenvalue weighted by atomic mass is 9.78. The Labute approximate surface area is 123 Å². The highest BCUT2D eigenvalue weighted by Gasteiger charge is 2.28. The minimum absolute atomic E-state index is 0.0596. The predicted molar refractivity (Wildman–Crippen MR) is 84.5 cm³/mol. The standard InChI is InChI=1S/C18H28O2/c1-9-13-10-14(17(3,4)5)16(20-12(2)19)15(11-13)18(6,7)8/h10-11H,9H2,1-8H3. The monoisotopic (exact) mass is 276 g/mol. The Morgan fingerprint density at radius 1 is 1.00 bits per heavy atom. The van der Waals surface area contributed by atoms with Crippen molar-refractivity contribution in [3.05, 3.63) is 28.8 Å². The molecule has 0 aliphatic heterocycles. The van der Waals surface area contributed by atoms with E-state index in [-0.39, 0.29) is 16.8 Å².